The highest BCUT2D eigenvalue weighted by atomic mass is 16.5. The predicted octanol–water partition coefficient (Wildman–Crippen LogP) is 3.86. The van der Waals surface area contributed by atoms with E-state index in [0.29, 0.717) is 17.7 Å². The van der Waals surface area contributed by atoms with Gasteiger partial charge in [0.15, 0.2) is 5.72 Å². The van der Waals surface area contributed by atoms with Crippen LogP contribution in [0.25, 0.3) is 0 Å². The second-order valence-electron chi connectivity index (χ2n) is 7.41. The number of hydrogen-bond acceptors (Lipinski definition) is 4. The van der Waals surface area contributed by atoms with Crippen molar-refractivity contribution < 1.29 is 19.1 Å². The molecule has 6 nitrogen and oxygen atoms in total. The second kappa shape index (κ2) is 6.01. The van der Waals surface area contributed by atoms with Crippen molar-refractivity contribution in [3.63, 3.8) is 0 Å². The van der Waals surface area contributed by atoms with Gasteiger partial charge in [-0.05, 0) is 62.2 Å². The molecule has 1 fully saturated rings. The van der Waals surface area contributed by atoms with E-state index in [2.05, 4.69) is 11.4 Å². The van der Waals surface area contributed by atoms with Crippen LogP contribution in [0.4, 0.5) is 10.5 Å². The Balaban J connectivity index is 1.77. The van der Waals surface area contributed by atoms with E-state index in [0.717, 1.165) is 22.4 Å². The molecule has 0 aliphatic carbocycles. The molecule has 0 spiro atoms. The van der Waals surface area contributed by atoms with Crippen LogP contribution < -0.4 is 15.0 Å². The number of methoxy groups -OCH3 is 1. The van der Waals surface area contributed by atoms with Crippen LogP contribution in [-0.2, 0) is 4.74 Å². The number of benzene rings is 2. The Morgan fingerprint density at radius 3 is 2.59 bits per heavy atom. The van der Waals surface area contributed by atoms with Crippen molar-refractivity contribution in [2.75, 3.05) is 12.0 Å². The molecule has 0 aromatic heterocycles. The third-order valence-corrected chi connectivity index (χ3v) is 5.16. The van der Waals surface area contributed by atoms with Crippen LogP contribution in [0.1, 0.15) is 46.4 Å². The summed E-state index contributed by atoms with van der Waals surface area (Å²) in [4.78, 5) is 26.5. The van der Waals surface area contributed by atoms with Crippen LogP contribution >= 0.6 is 0 Å². The number of rotatable bonds is 2. The van der Waals surface area contributed by atoms with Gasteiger partial charge in [0.05, 0.1) is 18.7 Å². The topological polar surface area (TPSA) is 67.9 Å². The predicted molar refractivity (Wildman–Crippen MR) is 101 cm³/mol. The average Bonchev–Trinajstić information content (AvgIpc) is 2.59. The third-order valence-electron chi connectivity index (χ3n) is 5.16. The van der Waals surface area contributed by atoms with Gasteiger partial charge in [-0.2, -0.15) is 0 Å². The van der Waals surface area contributed by atoms with Crippen molar-refractivity contribution in [2.45, 2.75) is 39.0 Å². The minimum Gasteiger partial charge on any atom is -0.467 e. The van der Waals surface area contributed by atoms with Gasteiger partial charge in [0.1, 0.15) is 5.75 Å². The van der Waals surface area contributed by atoms with Crippen molar-refractivity contribution >= 4 is 17.7 Å². The highest BCUT2D eigenvalue weighted by Crippen LogP contribution is 2.46. The number of fused-ring (bicyclic) bond motifs is 4. The van der Waals surface area contributed by atoms with Gasteiger partial charge in [-0.1, -0.05) is 6.07 Å². The number of anilines is 1. The zero-order valence-electron chi connectivity index (χ0n) is 15.8. The molecule has 1 saturated heterocycles. The first kappa shape index (κ1) is 17.4. The Morgan fingerprint density at radius 1 is 1.22 bits per heavy atom. The highest BCUT2D eigenvalue weighted by Gasteiger charge is 2.50. The van der Waals surface area contributed by atoms with Gasteiger partial charge >= 0.3 is 12.0 Å². The van der Waals surface area contributed by atoms with Gasteiger partial charge in [-0.3, -0.25) is 4.90 Å². The number of carbonyl (C=O) groups excluding carboxylic acids is 2. The maximum Gasteiger partial charge on any atom is 0.337 e. The fraction of sp³-hybridized carbons (Fsp3) is 0.333. The number of carbonyl (C=O) groups is 2. The van der Waals surface area contributed by atoms with E-state index < -0.39 is 11.7 Å². The van der Waals surface area contributed by atoms with Crippen molar-refractivity contribution in [1.29, 1.82) is 0 Å². The maximum absolute atomic E-state index is 13.0. The number of aryl methyl sites for hydroxylation is 2. The Labute approximate surface area is 158 Å². The zero-order valence-corrected chi connectivity index (χ0v) is 15.8. The van der Waals surface area contributed by atoms with E-state index >= 15 is 0 Å². The minimum absolute atomic E-state index is 0.215. The van der Waals surface area contributed by atoms with Crippen LogP contribution in [-0.4, -0.2) is 24.8 Å². The summed E-state index contributed by atoms with van der Waals surface area (Å²) < 4.78 is 11.1. The molecule has 140 valence electrons. The molecule has 6 heteroatoms. The molecule has 1 N–H and O–H groups in total. The van der Waals surface area contributed by atoms with E-state index in [4.69, 9.17) is 9.47 Å². The third kappa shape index (κ3) is 2.81. The number of hydrogen-bond donors (Lipinski definition) is 1. The fourth-order valence-corrected chi connectivity index (χ4v) is 4.09. The molecule has 2 amide bonds. The van der Waals surface area contributed by atoms with E-state index in [-0.39, 0.29) is 12.1 Å². The number of amides is 2. The highest BCUT2D eigenvalue weighted by molar-refractivity contribution is 5.95. The molecule has 2 atom stereocenters. The van der Waals surface area contributed by atoms with E-state index in [1.54, 1.807) is 23.1 Å². The number of nitrogens with one attached hydrogen (secondary N) is 1. The van der Waals surface area contributed by atoms with Gasteiger partial charge in [0, 0.05) is 17.7 Å². The number of urea groups is 1. The van der Waals surface area contributed by atoms with Crippen LogP contribution in [0.5, 0.6) is 5.75 Å². The molecular formula is C21H22N2O4. The minimum atomic E-state index is -0.812. The molecule has 27 heavy (non-hydrogen) atoms. The van der Waals surface area contributed by atoms with Gasteiger partial charge in [0.2, 0.25) is 0 Å². The summed E-state index contributed by atoms with van der Waals surface area (Å²) in [6, 6.07) is 10.8. The number of esters is 1. The normalized spacial score (nSPS) is 23.2. The monoisotopic (exact) mass is 366 g/mol. The van der Waals surface area contributed by atoms with Crippen LogP contribution in [0.3, 0.4) is 0 Å². The molecule has 0 unspecified atom stereocenters. The summed E-state index contributed by atoms with van der Waals surface area (Å²) in [5, 5.41) is 3.06. The first-order chi connectivity index (χ1) is 12.8. The van der Waals surface area contributed by atoms with Gasteiger partial charge < -0.3 is 14.8 Å². The average molecular weight is 366 g/mol. The smallest absolute Gasteiger partial charge is 0.337 e. The molecule has 2 aromatic rings. The zero-order chi connectivity index (χ0) is 19.3. The maximum atomic E-state index is 13.0. The van der Waals surface area contributed by atoms with E-state index in [1.807, 2.05) is 32.9 Å². The molecule has 4 rings (SSSR count). The summed E-state index contributed by atoms with van der Waals surface area (Å²) in [6.45, 7) is 5.94. The number of ether oxygens (including phenoxy) is 2. The molecule has 2 aromatic carbocycles. The lowest BCUT2D eigenvalue weighted by atomic mass is 9.89. The summed E-state index contributed by atoms with van der Waals surface area (Å²) in [5.74, 6) is 0.251. The van der Waals surface area contributed by atoms with Crippen molar-refractivity contribution in [2.24, 2.45) is 0 Å². The van der Waals surface area contributed by atoms with Crippen molar-refractivity contribution in [3.05, 3.63) is 58.7 Å². The summed E-state index contributed by atoms with van der Waals surface area (Å²) >= 11 is 0. The summed E-state index contributed by atoms with van der Waals surface area (Å²) in [7, 11) is 1.35. The van der Waals surface area contributed by atoms with Gasteiger partial charge in [-0.25, -0.2) is 9.59 Å². The Morgan fingerprint density at radius 2 is 1.93 bits per heavy atom. The summed E-state index contributed by atoms with van der Waals surface area (Å²) in [5.41, 5.74) is 3.40. The van der Waals surface area contributed by atoms with Crippen LogP contribution in [0.15, 0.2) is 36.4 Å². The SMILES string of the molecule is COC(=O)c1ccc2c(c1)[C@@H]1C[C@@](C)(O2)N(c2cc(C)cc(C)c2)C(=O)N1. The molecule has 0 radical (unpaired) electrons. The van der Waals surface area contributed by atoms with Gasteiger partial charge in [0.25, 0.3) is 0 Å². The van der Waals surface area contributed by atoms with E-state index in [9.17, 15) is 9.59 Å². The fourth-order valence-electron chi connectivity index (χ4n) is 4.09. The Bertz CT molecular complexity index is 935. The molecule has 0 saturated carbocycles. The summed E-state index contributed by atoms with van der Waals surface area (Å²) in [6.07, 6.45) is 0.573. The molecule has 2 bridgehead atoms. The lowest BCUT2D eigenvalue weighted by Crippen LogP contribution is -2.65. The molecule has 2 aliphatic heterocycles. The molecule has 2 heterocycles. The number of nitrogens with zero attached hydrogens (tertiary/aromatic N) is 1. The second-order valence-corrected chi connectivity index (χ2v) is 7.41. The first-order valence-electron chi connectivity index (χ1n) is 8.91. The van der Waals surface area contributed by atoms with Crippen LogP contribution in [0.2, 0.25) is 0 Å². The molecule has 2 aliphatic rings. The van der Waals surface area contributed by atoms with Crippen LogP contribution in [0, 0.1) is 13.8 Å². The molecular weight excluding hydrogens is 344 g/mol. The van der Waals surface area contributed by atoms with Gasteiger partial charge in [-0.15, -0.1) is 0 Å². The van der Waals surface area contributed by atoms with Crippen molar-refractivity contribution in [3.8, 4) is 5.75 Å². The largest absolute Gasteiger partial charge is 0.467 e. The first-order valence-corrected chi connectivity index (χ1v) is 8.91. The van der Waals surface area contributed by atoms with E-state index in [1.165, 1.54) is 7.11 Å². The van der Waals surface area contributed by atoms with Crippen molar-refractivity contribution in [1.82, 2.24) is 5.32 Å². The Hall–Kier alpha value is -3.02. The standard InChI is InChI=1S/C21H22N2O4/c1-12-7-13(2)9-15(8-12)23-20(25)22-17-11-21(23,3)27-18-6-5-14(10-16(17)18)19(24)26-4/h5-10,17H,11H2,1-4H3,(H,22,25)/t17-,21+/m0/s1. The Kier molecular flexibility index (Phi) is 3.87. The lowest BCUT2D eigenvalue weighted by Gasteiger charge is -2.50. The quantitative estimate of drug-likeness (QED) is 0.820. The lowest BCUT2D eigenvalue weighted by molar-refractivity contribution is 0.0377.